The third kappa shape index (κ3) is 4.43. The van der Waals surface area contributed by atoms with Gasteiger partial charge in [0.2, 0.25) is 0 Å². The van der Waals surface area contributed by atoms with E-state index in [1.165, 1.54) is 0 Å². The first-order chi connectivity index (χ1) is 9.24. The summed E-state index contributed by atoms with van der Waals surface area (Å²) in [4.78, 5) is 4.52. The lowest BCUT2D eigenvalue weighted by molar-refractivity contribution is 1.44. The van der Waals surface area contributed by atoms with Gasteiger partial charge in [0.05, 0.1) is 5.69 Å². The highest BCUT2D eigenvalue weighted by Gasteiger charge is 1.88. The maximum absolute atomic E-state index is 4.52. The predicted molar refractivity (Wildman–Crippen MR) is 82.4 cm³/mol. The van der Waals surface area contributed by atoms with Crippen LogP contribution in [0.2, 0.25) is 0 Å². The van der Waals surface area contributed by atoms with Gasteiger partial charge in [0.15, 0.2) is 0 Å². The number of aliphatic imine (C=N–C) groups is 1. The minimum absolute atomic E-state index is 0.948. The summed E-state index contributed by atoms with van der Waals surface area (Å²) in [6.07, 6.45) is 1.99. The SMILES string of the molecule is CC(/C=C(/C)[N-]c1ccccc1)=Nc1ccccc1. The highest BCUT2D eigenvalue weighted by atomic mass is 14.9. The zero-order valence-corrected chi connectivity index (χ0v) is 11.2. The Morgan fingerprint density at radius 2 is 1.47 bits per heavy atom. The van der Waals surface area contributed by atoms with Crippen LogP contribution >= 0.6 is 0 Å². The molecular weight excluding hydrogens is 232 g/mol. The molecule has 0 unspecified atom stereocenters. The second-order valence-electron chi connectivity index (χ2n) is 4.32. The number of rotatable bonds is 4. The van der Waals surface area contributed by atoms with Crippen LogP contribution in [0.5, 0.6) is 0 Å². The summed E-state index contributed by atoms with van der Waals surface area (Å²) < 4.78 is 0. The zero-order valence-electron chi connectivity index (χ0n) is 11.2. The third-order valence-electron chi connectivity index (χ3n) is 2.54. The molecule has 2 aromatic carbocycles. The van der Waals surface area contributed by atoms with Crippen LogP contribution in [0.3, 0.4) is 0 Å². The van der Waals surface area contributed by atoms with Crippen molar-refractivity contribution in [2.45, 2.75) is 13.8 Å². The molecule has 19 heavy (non-hydrogen) atoms. The van der Waals surface area contributed by atoms with E-state index in [0.717, 1.165) is 22.8 Å². The van der Waals surface area contributed by atoms with Gasteiger partial charge in [-0.2, -0.15) is 5.70 Å². The van der Waals surface area contributed by atoms with Crippen molar-refractivity contribution < 1.29 is 0 Å². The van der Waals surface area contributed by atoms with Crippen molar-refractivity contribution in [3.8, 4) is 0 Å². The molecule has 0 N–H and O–H groups in total. The maximum Gasteiger partial charge on any atom is 0.0632 e. The van der Waals surface area contributed by atoms with Gasteiger partial charge in [0.25, 0.3) is 0 Å². The normalized spacial score (nSPS) is 12.3. The van der Waals surface area contributed by atoms with Crippen LogP contribution in [0.1, 0.15) is 13.8 Å². The van der Waals surface area contributed by atoms with Crippen molar-refractivity contribution in [1.82, 2.24) is 0 Å². The molecule has 0 radical (unpaired) electrons. The van der Waals surface area contributed by atoms with Crippen molar-refractivity contribution in [2.24, 2.45) is 4.99 Å². The summed E-state index contributed by atoms with van der Waals surface area (Å²) >= 11 is 0. The van der Waals surface area contributed by atoms with E-state index in [1.807, 2.05) is 80.6 Å². The molecule has 0 aliphatic heterocycles. The van der Waals surface area contributed by atoms with Crippen molar-refractivity contribution in [1.29, 1.82) is 0 Å². The maximum atomic E-state index is 4.52. The Morgan fingerprint density at radius 3 is 2.11 bits per heavy atom. The van der Waals surface area contributed by atoms with E-state index in [2.05, 4.69) is 10.3 Å². The van der Waals surface area contributed by atoms with Crippen molar-refractivity contribution in [3.05, 3.63) is 77.8 Å². The predicted octanol–water partition coefficient (Wildman–Crippen LogP) is 5.39. The lowest BCUT2D eigenvalue weighted by Crippen LogP contribution is -1.86. The summed E-state index contributed by atoms with van der Waals surface area (Å²) in [5.41, 5.74) is 3.82. The smallest absolute Gasteiger partial charge is 0.0632 e. The first-order valence-corrected chi connectivity index (χ1v) is 6.29. The molecule has 0 aliphatic rings. The Morgan fingerprint density at radius 1 is 0.895 bits per heavy atom. The van der Waals surface area contributed by atoms with E-state index in [9.17, 15) is 0 Å². The second kappa shape index (κ2) is 6.55. The standard InChI is InChI=1S/C17H17N2/c1-14(18-16-9-5-3-6-10-16)13-15(2)19-17-11-7-4-8-12-17/h3-13H,1-2H3/q-1/b14-13-,19-15?. The Hall–Kier alpha value is -2.35. The topological polar surface area (TPSA) is 26.5 Å². The van der Waals surface area contributed by atoms with Gasteiger partial charge in [0, 0.05) is 5.71 Å². The molecule has 2 aromatic rings. The van der Waals surface area contributed by atoms with Gasteiger partial charge in [-0.15, -0.1) is 5.69 Å². The monoisotopic (exact) mass is 249 g/mol. The quantitative estimate of drug-likeness (QED) is 0.650. The van der Waals surface area contributed by atoms with Gasteiger partial charge in [-0.3, -0.25) is 4.99 Å². The lowest BCUT2D eigenvalue weighted by Gasteiger charge is -2.22. The number of hydrogen-bond acceptors (Lipinski definition) is 1. The zero-order chi connectivity index (χ0) is 13.5. The van der Waals surface area contributed by atoms with Crippen LogP contribution in [0.4, 0.5) is 11.4 Å². The summed E-state index contributed by atoms with van der Waals surface area (Å²) in [7, 11) is 0. The number of allylic oxidation sites excluding steroid dienone is 2. The molecule has 2 nitrogen and oxygen atoms in total. The van der Waals surface area contributed by atoms with Gasteiger partial charge in [-0.05, 0) is 19.1 Å². The fourth-order valence-corrected chi connectivity index (χ4v) is 1.78. The average molecular weight is 249 g/mol. The van der Waals surface area contributed by atoms with Crippen LogP contribution in [0.15, 0.2) is 77.4 Å². The fourth-order valence-electron chi connectivity index (χ4n) is 1.78. The molecule has 0 amide bonds. The molecule has 0 aromatic heterocycles. The molecule has 2 rings (SSSR count). The molecule has 2 heteroatoms. The van der Waals surface area contributed by atoms with Crippen molar-refractivity contribution in [2.75, 3.05) is 0 Å². The van der Waals surface area contributed by atoms with Crippen LogP contribution in [-0.2, 0) is 0 Å². The van der Waals surface area contributed by atoms with Gasteiger partial charge in [0.1, 0.15) is 0 Å². The van der Waals surface area contributed by atoms with E-state index in [0.29, 0.717) is 0 Å². The first kappa shape index (κ1) is 13.1. The van der Waals surface area contributed by atoms with E-state index in [4.69, 9.17) is 0 Å². The van der Waals surface area contributed by atoms with E-state index >= 15 is 0 Å². The lowest BCUT2D eigenvalue weighted by atomic mass is 10.2. The van der Waals surface area contributed by atoms with Gasteiger partial charge in [-0.25, -0.2) is 0 Å². The van der Waals surface area contributed by atoms with Crippen LogP contribution in [0.25, 0.3) is 5.32 Å². The molecule has 96 valence electrons. The average Bonchev–Trinajstić information content (AvgIpc) is 2.40. The summed E-state index contributed by atoms with van der Waals surface area (Å²) in [5.74, 6) is 0. The molecule has 0 saturated carbocycles. The molecule has 0 atom stereocenters. The Labute approximate surface area is 114 Å². The van der Waals surface area contributed by atoms with Gasteiger partial charge in [-0.1, -0.05) is 61.5 Å². The van der Waals surface area contributed by atoms with Crippen molar-refractivity contribution in [3.63, 3.8) is 0 Å². The molecule has 0 spiro atoms. The highest BCUT2D eigenvalue weighted by Crippen LogP contribution is 2.22. The minimum atomic E-state index is 0.948. The molecule has 0 fully saturated rings. The number of benzene rings is 2. The summed E-state index contributed by atoms with van der Waals surface area (Å²) in [6.45, 7) is 3.97. The summed E-state index contributed by atoms with van der Waals surface area (Å²) in [6, 6.07) is 19.9. The Bertz CT molecular complexity index is 569. The third-order valence-corrected chi connectivity index (χ3v) is 2.54. The minimum Gasteiger partial charge on any atom is -0.661 e. The molecule has 0 saturated heterocycles. The largest absolute Gasteiger partial charge is 0.661 e. The number of nitrogens with zero attached hydrogens (tertiary/aromatic N) is 2. The van der Waals surface area contributed by atoms with Crippen LogP contribution in [0, 0.1) is 0 Å². The van der Waals surface area contributed by atoms with Crippen LogP contribution in [-0.4, -0.2) is 5.71 Å². The van der Waals surface area contributed by atoms with Crippen LogP contribution < -0.4 is 0 Å². The van der Waals surface area contributed by atoms with E-state index in [1.54, 1.807) is 0 Å². The Balaban J connectivity index is 2.06. The molecular formula is C17H17N2-. The number of para-hydroxylation sites is 2. The Kier molecular flexibility index (Phi) is 4.51. The van der Waals surface area contributed by atoms with Crippen molar-refractivity contribution >= 4 is 17.1 Å². The fraction of sp³-hybridized carbons (Fsp3) is 0.118. The second-order valence-corrected chi connectivity index (χ2v) is 4.32. The molecule has 0 bridgehead atoms. The van der Waals surface area contributed by atoms with Gasteiger partial charge < -0.3 is 5.32 Å². The first-order valence-electron chi connectivity index (χ1n) is 6.29. The highest BCUT2D eigenvalue weighted by molar-refractivity contribution is 5.95. The molecule has 0 heterocycles. The van der Waals surface area contributed by atoms with Gasteiger partial charge >= 0.3 is 0 Å². The summed E-state index contributed by atoms with van der Waals surface area (Å²) in [5, 5.41) is 4.52. The molecule has 0 aliphatic carbocycles. The van der Waals surface area contributed by atoms with E-state index in [-0.39, 0.29) is 0 Å². The van der Waals surface area contributed by atoms with E-state index < -0.39 is 0 Å². The number of hydrogen-bond donors (Lipinski definition) is 0.